The van der Waals surface area contributed by atoms with E-state index in [2.05, 4.69) is 10.3 Å². The Labute approximate surface area is 164 Å². The minimum atomic E-state index is -0.325. The van der Waals surface area contributed by atoms with Gasteiger partial charge in [-0.2, -0.15) is 0 Å². The molecular weight excluding hydrogens is 350 g/mol. The van der Waals surface area contributed by atoms with Crippen LogP contribution in [0.5, 0.6) is 0 Å². The zero-order valence-corrected chi connectivity index (χ0v) is 15.9. The molecule has 0 spiro atoms. The third-order valence-corrected chi connectivity index (χ3v) is 5.09. The van der Waals surface area contributed by atoms with Crippen molar-refractivity contribution in [3.63, 3.8) is 0 Å². The number of nitrogens with one attached hydrogen (secondary N) is 1. The predicted octanol–water partition coefficient (Wildman–Crippen LogP) is 4.15. The number of carbonyl (C=O) groups is 2. The van der Waals surface area contributed by atoms with Gasteiger partial charge in [-0.25, -0.2) is 0 Å². The van der Waals surface area contributed by atoms with Crippen LogP contribution in [0, 0.1) is 13.8 Å². The molecule has 2 aromatic carbocycles. The molecule has 0 saturated carbocycles. The van der Waals surface area contributed by atoms with Gasteiger partial charge in [-0.05, 0) is 55.2 Å². The fraction of sp³-hybridized carbons (Fsp3) is 0.174. The molecule has 1 aliphatic rings. The molecule has 4 rings (SSSR count). The van der Waals surface area contributed by atoms with Gasteiger partial charge in [-0.3, -0.25) is 14.6 Å². The van der Waals surface area contributed by atoms with Gasteiger partial charge in [0.05, 0.1) is 0 Å². The van der Waals surface area contributed by atoms with E-state index in [0.717, 1.165) is 34.5 Å². The van der Waals surface area contributed by atoms with Gasteiger partial charge in [-0.15, -0.1) is 0 Å². The molecule has 2 heterocycles. The van der Waals surface area contributed by atoms with E-state index in [1.165, 1.54) is 6.20 Å². The number of rotatable bonds is 3. The first-order valence-corrected chi connectivity index (χ1v) is 9.28. The summed E-state index contributed by atoms with van der Waals surface area (Å²) in [6.45, 7) is 4.53. The number of carbonyl (C=O) groups excluding carboxylic acids is 2. The Balaban J connectivity index is 1.58. The van der Waals surface area contributed by atoms with Crippen LogP contribution in [0.4, 0.5) is 11.4 Å². The van der Waals surface area contributed by atoms with E-state index in [0.29, 0.717) is 12.1 Å². The standard InChI is InChI=1S/C23H21N3O2/c1-15-6-5-7-16(2)21(15)25-22(27)19-14-18(10-12-24-19)23(28)26-13-11-17-8-3-4-9-20(17)26/h3-10,12,14H,11,13H2,1-2H3,(H,25,27). The molecule has 5 nitrogen and oxygen atoms in total. The zero-order valence-electron chi connectivity index (χ0n) is 15.9. The van der Waals surface area contributed by atoms with Crippen molar-refractivity contribution >= 4 is 23.2 Å². The van der Waals surface area contributed by atoms with Crippen molar-refractivity contribution in [1.29, 1.82) is 0 Å². The fourth-order valence-electron chi connectivity index (χ4n) is 3.58. The summed E-state index contributed by atoms with van der Waals surface area (Å²) in [6, 6.07) is 17.0. The van der Waals surface area contributed by atoms with Crippen LogP contribution >= 0.6 is 0 Å². The Kier molecular flexibility index (Phi) is 4.65. The number of pyridine rings is 1. The number of aryl methyl sites for hydroxylation is 2. The Morgan fingerprint density at radius 1 is 1.00 bits per heavy atom. The minimum absolute atomic E-state index is 0.117. The SMILES string of the molecule is Cc1cccc(C)c1NC(=O)c1cc(C(=O)N2CCc3ccccc32)ccn1. The highest BCUT2D eigenvalue weighted by molar-refractivity contribution is 6.09. The van der Waals surface area contributed by atoms with E-state index in [1.807, 2.05) is 56.3 Å². The number of para-hydroxylation sites is 2. The van der Waals surface area contributed by atoms with Crippen molar-refractivity contribution in [2.24, 2.45) is 0 Å². The maximum absolute atomic E-state index is 13.0. The van der Waals surface area contributed by atoms with Crippen molar-refractivity contribution in [3.8, 4) is 0 Å². The highest BCUT2D eigenvalue weighted by atomic mass is 16.2. The Bertz CT molecular complexity index is 1050. The third-order valence-electron chi connectivity index (χ3n) is 5.09. The lowest BCUT2D eigenvalue weighted by atomic mass is 10.1. The largest absolute Gasteiger partial charge is 0.320 e. The topological polar surface area (TPSA) is 62.3 Å². The molecule has 5 heteroatoms. The van der Waals surface area contributed by atoms with Crippen LogP contribution in [0.15, 0.2) is 60.8 Å². The maximum atomic E-state index is 13.0. The molecule has 28 heavy (non-hydrogen) atoms. The Morgan fingerprint density at radius 2 is 1.75 bits per heavy atom. The highest BCUT2D eigenvalue weighted by Crippen LogP contribution is 2.29. The Hall–Kier alpha value is -3.47. The van der Waals surface area contributed by atoms with Gasteiger partial charge in [-0.1, -0.05) is 36.4 Å². The first-order chi connectivity index (χ1) is 13.5. The van der Waals surface area contributed by atoms with Gasteiger partial charge in [0.2, 0.25) is 0 Å². The normalized spacial score (nSPS) is 12.6. The number of hydrogen-bond donors (Lipinski definition) is 1. The molecule has 0 bridgehead atoms. The molecule has 0 atom stereocenters. The number of nitrogens with zero attached hydrogens (tertiary/aromatic N) is 2. The van der Waals surface area contributed by atoms with E-state index in [4.69, 9.17) is 0 Å². The second-order valence-corrected chi connectivity index (χ2v) is 6.99. The van der Waals surface area contributed by atoms with Crippen molar-refractivity contribution in [2.75, 3.05) is 16.8 Å². The van der Waals surface area contributed by atoms with Gasteiger partial charge in [0.25, 0.3) is 11.8 Å². The van der Waals surface area contributed by atoms with Crippen LogP contribution in [0.2, 0.25) is 0 Å². The van der Waals surface area contributed by atoms with Crippen molar-refractivity contribution in [3.05, 3.63) is 88.7 Å². The summed E-state index contributed by atoms with van der Waals surface area (Å²) in [6.07, 6.45) is 2.35. The number of aromatic nitrogens is 1. The summed E-state index contributed by atoms with van der Waals surface area (Å²) < 4.78 is 0. The number of benzene rings is 2. The van der Waals surface area contributed by atoms with E-state index in [-0.39, 0.29) is 17.5 Å². The van der Waals surface area contributed by atoms with Gasteiger partial charge in [0.15, 0.2) is 0 Å². The maximum Gasteiger partial charge on any atom is 0.274 e. The number of fused-ring (bicyclic) bond motifs is 1. The predicted molar refractivity (Wildman–Crippen MR) is 110 cm³/mol. The lowest BCUT2D eigenvalue weighted by molar-refractivity contribution is 0.0989. The third kappa shape index (κ3) is 3.27. The second-order valence-electron chi connectivity index (χ2n) is 6.99. The smallest absolute Gasteiger partial charge is 0.274 e. The van der Waals surface area contributed by atoms with Crippen LogP contribution in [-0.4, -0.2) is 23.3 Å². The van der Waals surface area contributed by atoms with Crippen LogP contribution < -0.4 is 10.2 Å². The average Bonchev–Trinajstić information content (AvgIpc) is 3.14. The van der Waals surface area contributed by atoms with E-state index < -0.39 is 0 Å². The van der Waals surface area contributed by atoms with Crippen molar-refractivity contribution < 1.29 is 9.59 Å². The molecule has 0 unspecified atom stereocenters. The minimum Gasteiger partial charge on any atom is -0.320 e. The molecule has 3 aromatic rings. The molecule has 0 radical (unpaired) electrons. The summed E-state index contributed by atoms with van der Waals surface area (Å²) in [5.41, 5.74) is 5.52. The fourth-order valence-corrected chi connectivity index (χ4v) is 3.58. The van der Waals surface area contributed by atoms with Crippen molar-refractivity contribution in [1.82, 2.24) is 4.98 Å². The molecule has 0 saturated heterocycles. The number of hydrogen-bond acceptors (Lipinski definition) is 3. The quantitative estimate of drug-likeness (QED) is 0.752. The van der Waals surface area contributed by atoms with Gasteiger partial charge < -0.3 is 10.2 Å². The molecule has 1 aliphatic heterocycles. The van der Waals surface area contributed by atoms with Crippen LogP contribution in [0.1, 0.15) is 37.5 Å². The first-order valence-electron chi connectivity index (χ1n) is 9.28. The monoisotopic (exact) mass is 371 g/mol. The van der Waals surface area contributed by atoms with Gasteiger partial charge >= 0.3 is 0 Å². The summed E-state index contributed by atoms with van der Waals surface area (Å²) in [5.74, 6) is -0.442. The summed E-state index contributed by atoms with van der Waals surface area (Å²) in [4.78, 5) is 31.7. The molecule has 0 aliphatic carbocycles. The zero-order chi connectivity index (χ0) is 19.7. The second kappa shape index (κ2) is 7.27. The summed E-state index contributed by atoms with van der Waals surface area (Å²) >= 11 is 0. The average molecular weight is 371 g/mol. The molecule has 1 aromatic heterocycles. The highest BCUT2D eigenvalue weighted by Gasteiger charge is 2.25. The first kappa shape index (κ1) is 17.9. The lowest BCUT2D eigenvalue weighted by Crippen LogP contribution is -2.29. The molecule has 140 valence electrons. The van der Waals surface area contributed by atoms with Gasteiger partial charge in [0.1, 0.15) is 5.69 Å². The Morgan fingerprint density at radius 3 is 2.54 bits per heavy atom. The molecular formula is C23H21N3O2. The number of anilines is 2. The van der Waals surface area contributed by atoms with Crippen LogP contribution in [0.25, 0.3) is 0 Å². The molecule has 1 N–H and O–H groups in total. The van der Waals surface area contributed by atoms with Crippen LogP contribution in [-0.2, 0) is 6.42 Å². The summed E-state index contributed by atoms with van der Waals surface area (Å²) in [5, 5.41) is 2.92. The van der Waals surface area contributed by atoms with E-state index in [9.17, 15) is 9.59 Å². The molecule has 0 fully saturated rings. The lowest BCUT2D eigenvalue weighted by Gasteiger charge is -2.17. The molecule has 2 amide bonds. The number of amides is 2. The van der Waals surface area contributed by atoms with E-state index in [1.54, 1.807) is 17.0 Å². The van der Waals surface area contributed by atoms with Gasteiger partial charge in [0, 0.05) is 29.7 Å². The van der Waals surface area contributed by atoms with Crippen LogP contribution in [0.3, 0.4) is 0 Å². The van der Waals surface area contributed by atoms with Crippen molar-refractivity contribution in [2.45, 2.75) is 20.3 Å². The summed E-state index contributed by atoms with van der Waals surface area (Å²) in [7, 11) is 0. The van der Waals surface area contributed by atoms with E-state index >= 15 is 0 Å².